The molecular weight excluding hydrogens is 414 g/mol. The summed E-state index contributed by atoms with van der Waals surface area (Å²) < 4.78 is 24.8. The maximum Gasteiger partial charge on any atom is 0.238 e. The lowest BCUT2D eigenvalue weighted by molar-refractivity contribution is -0.121. The number of benzene rings is 2. The van der Waals surface area contributed by atoms with Crippen LogP contribution in [-0.4, -0.2) is 25.1 Å². The molecule has 148 valence electrons. The zero-order valence-corrected chi connectivity index (χ0v) is 17.7. The summed E-state index contributed by atoms with van der Waals surface area (Å²) in [6, 6.07) is 14.0. The van der Waals surface area contributed by atoms with E-state index in [0.29, 0.717) is 6.42 Å². The maximum atomic E-state index is 12.2. The lowest BCUT2D eigenvalue weighted by atomic mass is 10.1. The first-order valence-electron chi connectivity index (χ1n) is 8.73. The second-order valence-corrected chi connectivity index (χ2v) is 10.2. The summed E-state index contributed by atoms with van der Waals surface area (Å²) in [7, 11) is -3.71. The second-order valence-electron chi connectivity index (χ2n) is 6.30. The van der Waals surface area contributed by atoms with Gasteiger partial charge in [0, 0.05) is 12.2 Å². The van der Waals surface area contributed by atoms with Crippen LogP contribution in [0.25, 0.3) is 10.2 Å². The summed E-state index contributed by atoms with van der Waals surface area (Å²) >= 11 is 3.33. The Hall–Kier alpha value is -1.94. The molecule has 1 unspecified atom stereocenters. The van der Waals surface area contributed by atoms with Crippen LogP contribution in [0.2, 0.25) is 0 Å². The third-order valence-electron chi connectivity index (χ3n) is 4.13. The van der Waals surface area contributed by atoms with E-state index in [-0.39, 0.29) is 16.8 Å². The number of thioether (sulfide) groups is 1. The first-order valence-corrected chi connectivity index (χ1v) is 12.1. The summed E-state index contributed by atoms with van der Waals surface area (Å²) in [5.74, 6) is 0.790. The molecule has 1 aromatic heterocycles. The minimum atomic E-state index is -3.71. The molecule has 0 saturated carbocycles. The third-order valence-corrected chi connectivity index (χ3v) is 7.33. The average Bonchev–Trinajstić information content (AvgIpc) is 3.07. The molecule has 9 heteroatoms. The Labute approximate surface area is 172 Å². The molecule has 1 amide bonds. The fraction of sp³-hybridized carbons (Fsp3) is 0.263. The van der Waals surface area contributed by atoms with Gasteiger partial charge < -0.3 is 5.32 Å². The maximum absolute atomic E-state index is 12.2. The molecule has 3 N–H and O–H groups in total. The van der Waals surface area contributed by atoms with Gasteiger partial charge in [-0.1, -0.05) is 36.0 Å². The van der Waals surface area contributed by atoms with Gasteiger partial charge in [-0.15, -0.1) is 11.3 Å². The molecule has 0 spiro atoms. The number of hydrogen-bond acceptors (Lipinski definition) is 6. The van der Waals surface area contributed by atoms with E-state index in [2.05, 4.69) is 16.4 Å². The van der Waals surface area contributed by atoms with Crippen molar-refractivity contribution in [1.82, 2.24) is 10.3 Å². The summed E-state index contributed by atoms with van der Waals surface area (Å²) in [5.41, 5.74) is 1.83. The number of sulfonamides is 1. The van der Waals surface area contributed by atoms with Crippen LogP contribution in [0.3, 0.4) is 0 Å². The van der Waals surface area contributed by atoms with Crippen LogP contribution in [-0.2, 0) is 14.8 Å². The number of nitrogens with zero attached hydrogens (tertiary/aromatic N) is 1. The summed E-state index contributed by atoms with van der Waals surface area (Å²) in [6.45, 7) is 1.86. The molecule has 3 rings (SSSR count). The minimum Gasteiger partial charge on any atom is -0.350 e. The van der Waals surface area contributed by atoms with Gasteiger partial charge in [0.25, 0.3) is 0 Å². The zero-order valence-electron chi connectivity index (χ0n) is 15.3. The van der Waals surface area contributed by atoms with Gasteiger partial charge in [-0.2, -0.15) is 0 Å². The van der Waals surface area contributed by atoms with Gasteiger partial charge in [0.05, 0.1) is 21.2 Å². The number of amides is 1. The van der Waals surface area contributed by atoms with Crippen molar-refractivity contribution in [2.24, 2.45) is 5.14 Å². The number of primary sulfonamides is 1. The van der Waals surface area contributed by atoms with E-state index in [4.69, 9.17) is 5.14 Å². The van der Waals surface area contributed by atoms with Crippen LogP contribution in [0, 0.1) is 0 Å². The highest BCUT2D eigenvalue weighted by atomic mass is 32.2. The molecule has 0 aliphatic heterocycles. The zero-order chi connectivity index (χ0) is 20.1. The van der Waals surface area contributed by atoms with Gasteiger partial charge in [0.1, 0.15) is 0 Å². The SMILES string of the molecule is CC(NC(=O)CCCSc1nc2ccccc2s1)c1ccc(S(N)(=O)=O)cc1. The van der Waals surface area contributed by atoms with Crippen LogP contribution < -0.4 is 10.5 Å². The lowest BCUT2D eigenvalue weighted by Crippen LogP contribution is -2.26. The Morgan fingerprint density at radius 1 is 1.21 bits per heavy atom. The van der Waals surface area contributed by atoms with Gasteiger partial charge >= 0.3 is 0 Å². The molecule has 0 saturated heterocycles. The van der Waals surface area contributed by atoms with Gasteiger partial charge in [-0.3, -0.25) is 4.79 Å². The first-order chi connectivity index (χ1) is 13.3. The fourth-order valence-electron chi connectivity index (χ4n) is 2.65. The molecule has 0 fully saturated rings. The van der Waals surface area contributed by atoms with Crippen LogP contribution in [0.1, 0.15) is 31.4 Å². The van der Waals surface area contributed by atoms with Crippen molar-refractivity contribution in [3.63, 3.8) is 0 Å². The average molecular weight is 436 g/mol. The second kappa shape index (κ2) is 9.04. The van der Waals surface area contributed by atoms with Crippen LogP contribution in [0.15, 0.2) is 57.8 Å². The monoisotopic (exact) mass is 435 g/mol. The van der Waals surface area contributed by atoms with E-state index < -0.39 is 10.0 Å². The molecule has 0 aliphatic carbocycles. The Morgan fingerprint density at radius 3 is 2.61 bits per heavy atom. The van der Waals surface area contributed by atoms with E-state index in [1.54, 1.807) is 35.2 Å². The molecular formula is C19H21N3O3S3. The Kier molecular flexibility index (Phi) is 6.71. The first kappa shape index (κ1) is 20.8. The van der Waals surface area contributed by atoms with Crippen LogP contribution in [0.4, 0.5) is 0 Å². The fourth-order valence-corrected chi connectivity index (χ4v) is 5.24. The lowest BCUT2D eigenvalue weighted by Gasteiger charge is -2.14. The quantitative estimate of drug-likeness (QED) is 0.415. The number of hydrogen-bond donors (Lipinski definition) is 2. The highest BCUT2D eigenvalue weighted by Crippen LogP contribution is 2.29. The molecule has 6 nitrogen and oxygen atoms in total. The van der Waals surface area contributed by atoms with Crippen molar-refractivity contribution in [2.75, 3.05) is 5.75 Å². The smallest absolute Gasteiger partial charge is 0.238 e. The topological polar surface area (TPSA) is 102 Å². The van der Waals surface area contributed by atoms with E-state index in [1.165, 1.54) is 16.8 Å². The molecule has 1 atom stereocenters. The van der Waals surface area contributed by atoms with Crippen molar-refractivity contribution in [3.05, 3.63) is 54.1 Å². The Balaban J connectivity index is 1.43. The molecule has 0 aliphatic rings. The molecule has 0 bridgehead atoms. The van der Waals surface area contributed by atoms with E-state index >= 15 is 0 Å². The highest BCUT2D eigenvalue weighted by molar-refractivity contribution is 8.01. The normalized spacial score (nSPS) is 12.8. The molecule has 3 aromatic rings. The van der Waals surface area contributed by atoms with Gasteiger partial charge in [-0.05, 0) is 43.2 Å². The number of rotatable bonds is 8. The number of nitrogens with two attached hydrogens (primary N) is 1. The Bertz CT molecular complexity index is 1030. The number of fused-ring (bicyclic) bond motifs is 1. The predicted molar refractivity (Wildman–Crippen MR) is 114 cm³/mol. The van der Waals surface area contributed by atoms with Gasteiger partial charge in [0.15, 0.2) is 4.34 Å². The van der Waals surface area contributed by atoms with Gasteiger partial charge in [-0.25, -0.2) is 18.5 Å². The molecule has 28 heavy (non-hydrogen) atoms. The van der Waals surface area contributed by atoms with Crippen LogP contribution >= 0.6 is 23.1 Å². The van der Waals surface area contributed by atoms with E-state index in [0.717, 1.165) is 27.6 Å². The van der Waals surface area contributed by atoms with Crippen LogP contribution in [0.5, 0.6) is 0 Å². The standard InChI is InChI=1S/C19H21N3O3S3/c1-13(14-8-10-15(11-9-14)28(20,24)25)21-18(23)7-4-12-26-19-22-16-5-2-3-6-17(16)27-19/h2-3,5-6,8-11,13H,4,7,12H2,1H3,(H,21,23)(H2,20,24,25). The van der Waals surface area contributed by atoms with Gasteiger partial charge in [0.2, 0.25) is 15.9 Å². The van der Waals surface area contributed by atoms with Crippen molar-refractivity contribution < 1.29 is 13.2 Å². The number of thiazole rings is 1. The number of nitrogens with one attached hydrogen (secondary N) is 1. The van der Waals surface area contributed by atoms with E-state index in [1.807, 2.05) is 25.1 Å². The predicted octanol–water partition coefficient (Wildman–Crippen LogP) is 3.69. The minimum absolute atomic E-state index is 0.0343. The third kappa shape index (κ3) is 5.54. The Morgan fingerprint density at radius 2 is 1.93 bits per heavy atom. The number of aromatic nitrogens is 1. The summed E-state index contributed by atoms with van der Waals surface area (Å²) in [4.78, 5) is 16.8. The van der Waals surface area contributed by atoms with Crippen molar-refractivity contribution >= 4 is 49.2 Å². The number of para-hydroxylation sites is 1. The largest absolute Gasteiger partial charge is 0.350 e. The summed E-state index contributed by atoms with van der Waals surface area (Å²) in [5, 5.41) is 8.03. The summed E-state index contributed by atoms with van der Waals surface area (Å²) in [6.07, 6.45) is 1.18. The molecule has 2 aromatic carbocycles. The van der Waals surface area contributed by atoms with Crippen molar-refractivity contribution in [1.29, 1.82) is 0 Å². The molecule has 0 radical (unpaired) electrons. The van der Waals surface area contributed by atoms with Crippen molar-refractivity contribution in [3.8, 4) is 0 Å². The highest BCUT2D eigenvalue weighted by Gasteiger charge is 2.12. The van der Waals surface area contributed by atoms with Crippen molar-refractivity contribution in [2.45, 2.75) is 35.0 Å². The van der Waals surface area contributed by atoms with E-state index in [9.17, 15) is 13.2 Å². The number of carbonyl (C=O) groups excluding carboxylic acids is 1. The molecule has 1 heterocycles. The number of carbonyl (C=O) groups is 1.